The number of nitro groups is 1. The molecule has 0 saturated heterocycles. The Morgan fingerprint density at radius 3 is 2.20 bits per heavy atom. The second-order valence-corrected chi connectivity index (χ2v) is 5.13. The molecule has 3 rings (SSSR count). The lowest BCUT2D eigenvalue weighted by Crippen LogP contribution is -2.41. The van der Waals surface area contributed by atoms with E-state index in [4.69, 9.17) is 4.74 Å². The summed E-state index contributed by atoms with van der Waals surface area (Å²) in [5, 5.41) is 21.3. The van der Waals surface area contributed by atoms with Crippen LogP contribution in [-0.2, 0) is 4.79 Å². The van der Waals surface area contributed by atoms with Crippen LogP contribution in [0, 0.1) is 10.1 Å². The molecule has 0 aliphatic carbocycles. The van der Waals surface area contributed by atoms with Gasteiger partial charge in [0.05, 0.1) is 28.6 Å². The minimum atomic E-state index is -1.54. The minimum Gasteiger partial charge on any atom is -0.548 e. The first kappa shape index (κ1) is 16.1. The molecular formula is C16H9N2O7-. The summed E-state index contributed by atoms with van der Waals surface area (Å²) in [6.07, 6.45) is 0. The SMILES string of the molecule is O=C([O-])CN1C(=O)c2ccc(Oc3ccc([N+](=O)[O-])cc3)cc2C1=O. The number of benzene rings is 2. The zero-order valence-corrected chi connectivity index (χ0v) is 12.5. The van der Waals surface area contributed by atoms with Crippen molar-refractivity contribution >= 4 is 23.5 Å². The Morgan fingerprint density at radius 1 is 1.00 bits per heavy atom. The second-order valence-electron chi connectivity index (χ2n) is 5.13. The van der Waals surface area contributed by atoms with Gasteiger partial charge in [-0.2, -0.15) is 0 Å². The van der Waals surface area contributed by atoms with Crippen molar-refractivity contribution in [1.82, 2.24) is 4.90 Å². The molecule has 0 aromatic heterocycles. The van der Waals surface area contributed by atoms with Crippen molar-refractivity contribution in [1.29, 1.82) is 0 Å². The van der Waals surface area contributed by atoms with Crippen LogP contribution >= 0.6 is 0 Å². The van der Waals surface area contributed by atoms with Gasteiger partial charge in [-0.15, -0.1) is 0 Å². The van der Waals surface area contributed by atoms with Gasteiger partial charge in [0, 0.05) is 12.1 Å². The summed E-state index contributed by atoms with van der Waals surface area (Å²) in [5.74, 6) is -2.49. The van der Waals surface area contributed by atoms with Gasteiger partial charge in [0.2, 0.25) is 0 Å². The molecule has 1 heterocycles. The number of nitro benzene ring substituents is 1. The lowest BCUT2D eigenvalue weighted by Gasteiger charge is -2.13. The number of ether oxygens (including phenoxy) is 1. The summed E-state index contributed by atoms with van der Waals surface area (Å²) in [6, 6.07) is 9.41. The normalized spacial score (nSPS) is 12.9. The van der Waals surface area contributed by atoms with E-state index in [1.54, 1.807) is 0 Å². The van der Waals surface area contributed by atoms with Gasteiger partial charge in [0.15, 0.2) is 0 Å². The summed E-state index contributed by atoms with van der Waals surface area (Å²) < 4.78 is 5.50. The molecule has 126 valence electrons. The second kappa shape index (κ2) is 6.04. The molecule has 0 radical (unpaired) electrons. The van der Waals surface area contributed by atoms with E-state index in [1.165, 1.54) is 42.5 Å². The lowest BCUT2D eigenvalue weighted by atomic mass is 10.1. The third kappa shape index (κ3) is 3.02. The van der Waals surface area contributed by atoms with Crippen LogP contribution in [0.25, 0.3) is 0 Å². The van der Waals surface area contributed by atoms with Crippen LogP contribution in [-0.4, -0.2) is 34.2 Å². The number of amides is 2. The van der Waals surface area contributed by atoms with E-state index < -0.39 is 29.3 Å². The van der Waals surface area contributed by atoms with Gasteiger partial charge in [0.25, 0.3) is 17.5 Å². The van der Waals surface area contributed by atoms with E-state index >= 15 is 0 Å². The summed E-state index contributed by atoms with van der Waals surface area (Å²) in [5.41, 5.74) is -0.00652. The van der Waals surface area contributed by atoms with Crippen molar-refractivity contribution in [2.45, 2.75) is 0 Å². The fraction of sp³-hybridized carbons (Fsp3) is 0.0625. The predicted molar refractivity (Wildman–Crippen MR) is 80.0 cm³/mol. The predicted octanol–water partition coefficient (Wildman–Crippen LogP) is 0.733. The molecule has 0 bridgehead atoms. The maximum absolute atomic E-state index is 12.2. The molecule has 9 heteroatoms. The van der Waals surface area contributed by atoms with E-state index in [1.807, 2.05) is 0 Å². The monoisotopic (exact) mass is 341 g/mol. The topological polar surface area (TPSA) is 130 Å². The number of hydrogen-bond donors (Lipinski definition) is 0. The van der Waals surface area contributed by atoms with Crippen molar-refractivity contribution in [2.24, 2.45) is 0 Å². The van der Waals surface area contributed by atoms with Crippen molar-refractivity contribution in [3.63, 3.8) is 0 Å². The number of carbonyl (C=O) groups is 3. The lowest BCUT2D eigenvalue weighted by molar-refractivity contribution is -0.384. The molecule has 0 N–H and O–H groups in total. The standard InChI is InChI=1S/C16H10N2O7/c19-14(20)8-17-15(21)12-6-5-11(7-13(12)16(17)22)25-10-3-1-9(2-4-10)18(23)24/h1-7H,8H2,(H,19,20)/p-1. The van der Waals surface area contributed by atoms with Gasteiger partial charge in [-0.3, -0.25) is 24.6 Å². The zero-order chi connectivity index (χ0) is 18.1. The number of non-ortho nitro benzene ring substituents is 1. The third-order valence-electron chi connectivity index (χ3n) is 3.51. The molecule has 1 aliphatic heterocycles. The Hall–Kier alpha value is -3.75. The summed E-state index contributed by atoms with van der Waals surface area (Å²) in [7, 11) is 0. The highest BCUT2D eigenvalue weighted by atomic mass is 16.6. The highest BCUT2D eigenvalue weighted by Crippen LogP contribution is 2.30. The molecule has 2 aromatic carbocycles. The average Bonchev–Trinajstić information content (AvgIpc) is 2.80. The molecule has 0 unspecified atom stereocenters. The molecule has 2 amide bonds. The van der Waals surface area contributed by atoms with Crippen molar-refractivity contribution in [3.8, 4) is 11.5 Å². The van der Waals surface area contributed by atoms with E-state index in [-0.39, 0.29) is 22.6 Å². The number of carboxylic acids is 1. The van der Waals surface area contributed by atoms with Crippen LogP contribution in [0.5, 0.6) is 11.5 Å². The van der Waals surface area contributed by atoms with Crippen molar-refractivity contribution in [2.75, 3.05) is 6.54 Å². The van der Waals surface area contributed by atoms with Crippen LogP contribution in [0.2, 0.25) is 0 Å². The fourth-order valence-corrected chi connectivity index (χ4v) is 2.38. The van der Waals surface area contributed by atoms with Gasteiger partial charge in [-0.1, -0.05) is 0 Å². The third-order valence-corrected chi connectivity index (χ3v) is 3.51. The number of carboxylic acid groups (broad SMARTS) is 1. The van der Waals surface area contributed by atoms with E-state index in [9.17, 15) is 29.6 Å². The number of hydrogen-bond acceptors (Lipinski definition) is 7. The smallest absolute Gasteiger partial charge is 0.269 e. The number of nitrogens with zero attached hydrogens (tertiary/aromatic N) is 2. The number of imide groups is 1. The number of fused-ring (bicyclic) bond motifs is 1. The number of aliphatic carboxylic acids is 1. The molecule has 1 aliphatic rings. The Kier molecular flexibility index (Phi) is 3.89. The van der Waals surface area contributed by atoms with Crippen LogP contribution in [0.3, 0.4) is 0 Å². The highest BCUT2D eigenvalue weighted by molar-refractivity contribution is 6.22. The first-order valence-corrected chi connectivity index (χ1v) is 6.99. The summed E-state index contributed by atoms with van der Waals surface area (Å²) in [6.45, 7) is -0.828. The van der Waals surface area contributed by atoms with Gasteiger partial charge in [-0.05, 0) is 30.3 Å². The largest absolute Gasteiger partial charge is 0.548 e. The van der Waals surface area contributed by atoms with Crippen LogP contribution in [0.4, 0.5) is 5.69 Å². The van der Waals surface area contributed by atoms with Gasteiger partial charge in [-0.25, -0.2) is 0 Å². The maximum Gasteiger partial charge on any atom is 0.269 e. The molecule has 0 spiro atoms. The molecule has 0 saturated carbocycles. The van der Waals surface area contributed by atoms with Crippen LogP contribution in [0.1, 0.15) is 20.7 Å². The summed E-state index contributed by atoms with van der Waals surface area (Å²) >= 11 is 0. The first-order chi connectivity index (χ1) is 11.9. The Balaban J connectivity index is 1.84. The molecule has 25 heavy (non-hydrogen) atoms. The molecule has 2 aromatic rings. The fourth-order valence-electron chi connectivity index (χ4n) is 2.38. The Morgan fingerprint density at radius 2 is 1.60 bits per heavy atom. The molecular weight excluding hydrogens is 332 g/mol. The van der Waals surface area contributed by atoms with Crippen molar-refractivity contribution < 1.29 is 29.2 Å². The van der Waals surface area contributed by atoms with E-state index in [0.29, 0.717) is 10.6 Å². The van der Waals surface area contributed by atoms with Crippen molar-refractivity contribution in [3.05, 3.63) is 63.7 Å². The molecule has 0 fully saturated rings. The van der Waals surface area contributed by atoms with E-state index in [2.05, 4.69) is 0 Å². The maximum atomic E-state index is 12.2. The Bertz CT molecular complexity index is 905. The van der Waals surface area contributed by atoms with Gasteiger partial charge < -0.3 is 14.6 Å². The van der Waals surface area contributed by atoms with Gasteiger partial charge >= 0.3 is 0 Å². The zero-order valence-electron chi connectivity index (χ0n) is 12.5. The molecule has 9 nitrogen and oxygen atoms in total. The Labute approximate surface area is 140 Å². The number of rotatable bonds is 5. The minimum absolute atomic E-state index is 0.0191. The quantitative estimate of drug-likeness (QED) is 0.445. The summed E-state index contributed by atoms with van der Waals surface area (Å²) in [4.78, 5) is 45.5. The number of carbonyl (C=O) groups excluding carboxylic acids is 3. The van der Waals surface area contributed by atoms with Crippen LogP contribution < -0.4 is 9.84 Å². The van der Waals surface area contributed by atoms with Crippen LogP contribution in [0.15, 0.2) is 42.5 Å². The van der Waals surface area contributed by atoms with E-state index in [0.717, 1.165) is 0 Å². The highest BCUT2D eigenvalue weighted by Gasteiger charge is 2.35. The average molecular weight is 341 g/mol. The molecule has 0 atom stereocenters. The first-order valence-electron chi connectivity index (χ1n) is 6.99. The van der Waals surface area contributed by atoms with Gasteiger partial charge in [0.1, 0.15) is 11.5 Å².